The van der Waals surface area contributed by atoms with Gasteiger partial charge in [-0.3, -0.25) is 10.4 Å². The van der Waals surface area contributed by atoms with Gasteiger partial charge in [-0.15, -0.1) is 0 Å². The molecule has 0 saturated heterocycles. The van der Waals surface area contributed by atoms with Gasteiger partial charge < -0.3 is 4.90 Å². The molecule has 0 saturated carbocycles. The van der Waals surface area contributed by atoms with Crippen LogP contribution < -0.4 is 5.32 Å². The Hall–Kier alpha value is -2.86. The van der Waals surface area contributed by atoms with Gasteiger partial charge in [-0.25, -0.2) is 9.18 Å². The van der Waals surface area contributed by atoms with Crippen LogP contribution >= 0.6 is 11.6 Å². The van der Waals surface area contributed by atoms with Crippen molar-refractivity contribution in [2.45, 2.75) is 6.42 Å². The summed E-state index contributed by atoms with van der Waals surface area (Å²) in [5.74, 6) is 0.0877. The van der Waals surface area contributed by atoms with E-state index in [-0.39, 0.29) is 11.1 Å². The van der Waals surface area contributed by atoms with Crippen molar-refractivity contribution in [1.29, 1.82) is 0 Å². The topological polar surface area (TPSA) is 61.0 Å². The summed E-state index contributed by atoms with van der Waals surface area (Å²) in [6, 6.07) is 12.1. The summed E-state index contributed by atoms with van der Waals surface area (Å²) in [5.41, 5.74) is 2.81. The zero-order chi connectivity index (χ0) is 18.1. The first-order chi connectivity index (χ1) is 12.6. The summed E-state index contributed by atoms with van der Waals surface area (Å²) >= 11 is 5.85. The molecule has 0 radical (unpaired) electrons. The van der Waals surface area contributed by atoms with Gasteiger partial charge in [-0.1, -0.05) is 35.9 Å². The minimum absolute atomic E-state index is 0.106. The Balaban J connectivity index is 1.46. The van der Waals surface area contributed by atoms with Crippen molar-refractivity contribution in [2.24, 2.45) is 0 Å². The molecule has 3 aromatic rings. The minimum atomic E-state index is -0.431. The second kappa shape index (κ2) is 6.80. The van der Waals surface area contributed by atoms with Crippen molar-refractivity contribution in [1.82, 2.24) is 15.1 Å². The molecule has 0 atom stereocenters. The average Bonchev–Trinajstić information content (AvgIpc) is 3.07. The normalized spacial score (nSPS) is 14.4. The third-order valence-electron chi connectivity index (χ3n) is 4.48. The van der Waals surface area contributed by atoms with E-state index in [4.69, 9.17) is 11.6 Å². The number of anilines is 1. The van der Waals surface area contributed by atoms with Gasteiger partial charge in [-0.2, -0.15) is 5.10 Å². The third-order valence-corrected chi connectivity index (χ3v) is 4.77. The summed E-state index contributed by atoms with van der Waals surface area (Å²) in [5, 5.41) is 10.9. The molecule has 0 aliphatic carbocycles. The van der Waals surface area contributed by atoms with Crippen LogP contribution in [0.5, 0.6) is 0 Å². The van der Waals surface area contributed by atoms with Crippen LogP contribution in [0.2, 0.25) is 5.02 Å². The lowest BCUT2D eigenvalue weighted by molar-refractivity contribution is 0.217. The molecule has 2 N–H and O–H groups in total. The zero-order valence-corrected chi connectivity index (χ0v) is 14.6. The first-order valence-corrected chi connectivity index (χ1v) is 8.63. The second-order valence-corrected chi connectivity index (χ2v) is 6.51. The highest BCUT2D eigenvalue weighted by Crippen LogP contribution is 2.27. The Morgan fingerprint density at radius 1 is 1.27 bits per heavy atom. The molecule has 2 heterocycles. The maximum Gasteiger partial charge on any atom is 0.323 e. The number of hydrogen-bond donors (Lipinski definition) is 2. The van der Waals surface area contributed by atoms with Crippen LogP contribution in [0.15, 0.2) is 48.5 Å². The number of hydrogen-bond acceptors (Lipinski definition) is 2. The number of amides is 2. The maximum absolute atomic E-state index is 13.3. The number of nitrogens with zero attached hydrogens (tertiary/aromatic N) is 2. The lowest BCUT2D eigenvalue weighted by atomic mass is 9.99. The first-order valence-electron chi connectivity index (χ1n) is 8.25. The van der Waals surface area contributed by atoms with E-state index in [0.717, 1.165) is 22.0 Å². The molecule has 7 heteroatoms. The summed E-state index contributed by atoms with van der Waals surface area (Å²) in [6.07, 6.45) is 2.64. The van der Waals surface area contributed by atoms with Gasteiger partial charge in [0, 0.05) is 18.5 Å². The van der Waals surface area contributed by atoms with E-state index in [1.165, 1.54) is 6.07 Å². The quantitative estimate of drug-likeness (QED) is 0.688. The summed E-state index contributed by atoms with van der Waals surface area (Å²) in [4.78, 5) is 14.2. The van der Waals surface area contributed by atoms with E-state index in [0.29, 0.717) is 25.3 Å². The van der Waals surface area contributed by atoms with E-state index in [9.17, 15) is 9.18 Å². The molecular formula is C19H16ClFN4O. The number of aromatic nitrogens is 2. The predicted molar refractivity (Wildman–Crippen MR) is 101 cm³/mol. The number of fused-ring (bicyclic) bond motifs is 1. The molecule has 2 aromatic carbocycles. The van der Waals surface area contributed by atoms with Gasteiger partial charge in [0.1, 0.15) is 5.82 Å². The van der Waals surface area contributed by atoms with Crippen molar-refractivity contribution in [3.63, 3.8) is 0 Å². The molecule has 0 spiro atoms. The first kappa shape index (κ1) is 16.6. The molecule has 5 nitrogen and oxygen atoms in total. The van der Waals surface area contributed by atoms with Crippen molar-refractivity contribution in [3.8, 4) is 0 Å². The molecule has 1 aromatic heterocycles. The van der Waals surface area contributed by atoms with E-state index < -0.39 is 5.82 Å². The van der Waals surface area contributed by atoms with Crippen LogP contribution in [0, 0.1) is 5.82 Å². The van der Waals surface area contributed by atoms with Gasteiger partial charge >= 0.3 is 6.03 Å². The third kappa shape index (κ3) is 3.15. The van der Waals surface area contributed by atoms with Crippen LogP contribution in [0.1, 0.15) is 12.0 Å². The fourth-order valence-electron chi connectivity index (χ4n) is 3.05. The predicted octanol–water partition coefficient (Wildman–Crippen LogP) is 4.68. The fourth-order valence-corrected chi connectivity index (χ4v) is 3.23. The smallest absolute Gasteiger partial charge is 0.320 e. The van der Waals surface area contributed by atoms with Gasteiger partial charge in [0.2, 0.25) is 0 Å². The largest absolute Gasteiger partial charge is 0.323 e. The van der Waals surface area contributed by atoms with Gasteiger partial charge in [0.05, 0.1) is 10.5 Å². The zero-order valence-electron chi connectivity index (χ0n) is 13.8. The number of H-pyrrole nitrogens is 1. The number of nitrogens with one attached hydrogen (secondary N) is 2. The Bertz CT molecular complexity index is 1010. The number of carbonyl (C=O) groups excluding carboxylic acids is 1. The van der Waals surface area contributed by atoms with Crippen LogP contribution in [0.25, 0.3) is 16.5 Å². The summed E-state index contributed by atoms with van der Waals surface area (Å²) in [7, 11) is 0. The maximum atomic E-state index is 13.3. The monoisotopic (exact) mass is 370 g/mol. The van der Waals surface area contributed by atoms with Crippen LogP contribution in [-0.4, -0.2) is 34.2 Å². The molecular weight excluding hydrogens is 355 g/mol. The van der Waals surface area contributed by atoms with E-state index in [2.05, 4.69) is 15.5 Å². The average molecular weight is 371 g/mol. The number of para-hydroxylation sites is 1. The number of carbonyl (C=O) groups is 1. The fraction of sp³-hybridized carbons (Fsp3) is 0.158. The number of halogens is 2. The lowest BCUT2D eigenvalue weighted by Gasteiger charge is -2.26. The molecule has 0 bridgehead atoms. The molecule has 1 aliphatic rings. The molecule has 0 unspecified atom stereocenters. The van der Waals surface area contributed by atoms with E-state index >= 15 is 0 Å². The second-order valence-electron chi connectivity index (χ2n) is 6.10. The number of rotatable bonds is 2. The van der Waals surface area contributed by atoms with Crippen molar-refractivity contribution in [2.75, 3.05) is 18.4 Å². The van der Waals surface area contributed by atoms with Crippen molar-refractivity contribution < 1.29 is 9.18 Å². The standard InChI is InChI=1S/C19H16ClFN4O/c20-15-11-13(5-6-16(15)21)12-7-9-25(10-8-12)19(26)22-18-14-3-1-2-4-17(14)23-24-18/h1-7,11H,8-10H2,(H2,22,23,24,26). The molecule has 0 fully saturated rings. The highest BCUT2D eigenvalue weighted by Gasteiger charge is 2.20. The van der Waals surface area contributed by atoms with Gasteiger partial charge in [0.15, 0.2) is 5.82 Å². The van der Waals surface area contributed by atoms with Gasteiger partial charge in [0.25, 0.3) is 0 Å². The Kier molecular flexibility index (Phi) is 4.34. The Morgan fingerprint density at radius 2 is 2.12 bits per heavy atom. The number of aromatic amines is 1. The number of urea groups is 1. The molecule has 132 valence electrons. The molecule has 1 aliphatic heterocycles. The van der Waals surface area contributed by atoms with Crippen molar-refractivity contribution in [3.05, 3.63) is 64.9 Å². The highest BCUT2D eigenvalue weighted by molar-refractivity contribution is 6.30. The van der Waals surface area contributed by atoms with Crippen LogP contribution in [-0.2, 0) is 0 Å². The Morgan fingerprint density at radius 3 is 2.88 bits per heavy atom. The van der Waals surface area contributed by atoms with E-state index in [1.54, 1.807) is 17.0 Å². The Labute approximate surface area is 154 Å². The minimum Gasteiger partial charge on any atom is -0.320 e. The molecule has 2 amide bonds. The number of benzene rings is 2. The van der Waals surface area contributed by atoms with Crippen LogP contribution in [0.3, 0.4) is 0 Å². The van der Waals surface area contributed by atoms with E-state index in [1.807, 2.05) is 30.3 Å². The van der Waals surface area contributed by atoms with Crippen LogP contribution in [0.4, 0.5) is 15.0 Å². The van der Waals surface area contributed by atoms with Crippen molar-refractivity contribution >= 4 is 39.9 Å². The van der Waals surface area contributed by atoms with Gasteiger partial charge in [-0.05, 0) is 41.8 Å². The lowest BCUT2D eigenvalue weighted by Crippen LogP contribution is -2.38. The summed E-state index contributed by atoms with van der Waals surface area (Å²) < 4.78 is 13.3. The highest BCUT2D eigenvalue weighted by atomic mass is 35.5. The molecule has 26 heavy (non-hydrogen) atoms. The summed E-state index contributed by atoms with van der Waals surface area (Å²) in [6.45, 7) is 1.04. The molecule has 4 rings (SSSR count). The SMILES string of the molecule is O=C(Nc1n[nH]c2ccccc12)N1CC=C(c2ccc(F)c(Cl)c2)CC1.